The van der Waals surface area contributed by atoms with Crippen molar-refractivity contribution >= 4 is 27.3 Å². The molecule has 1 aliphatic rings. The highest BCUT2D eigenvalue weighted by molar-refractivity contribution is 7.89. The molecule has 112 valence electrons. The standard InChI is InChI=1S/C13H19ClN2O3S/c1-16(9-10-4-6-19-7-5-10)20(17,18)13-3-2-11(14)8-12(13)15/h2-3,8,10H,4-7,9,15H2,1H3. The smallest absolute Gasteiger partial charge is 0.244 e. The molecule has 7 heteroatoms. The summed E-state index contributed by atoms with van der Waals surface area (Å²) < 4.78 is 31.7. The molecule has 0 aliphatic carbocycles. The van der Waals surface area contributed by atoms with E-state index in [2.05, 4.69) is 0 Å². The third-order valence-electron chi connectivity index (χ3n) is 3.52. The number of ether oxygens (including phenoxy) is 1. The molecule has 20 heavy (non-hydrogen) atoms. The molecule has 2 rings (SSSR count). The minimum absolute atomic E-state index is 0.108. The summed E-state index contributed by atoms with van der Waals surface area (Å²) in [4.78, 5) is 0.108. The van der Waals surface area contributed by atoms with Crippen LogP contribution in [0.25, 0.3) is 0 Å². The SMILES string of the molecule is CN(CC1CCOCC1)S(=O)(=O)c1ccc(Cl)cc1N. The molecule has 0 unspecified atom stereocenters. The topological polar surface area (TPSA) is 72.6 Å². The van der Waals surface area contributed by atoms with Gasteiger partial charge in [-0.1, -0.05) is 11.6 Å². The fraction of sp³-hybridized carbons (Fsp3) is 0.538. The number of halogens is 1. The number of rotatable bonds is 4. The summed E-state index contributed by atoms with van der Waals surface area (Å²) in [5.41, 5.74) is 5.95. The van der Waals surface area contributed by atoms with Gasteiger partial charge in [-0.15, -0.1) is 0 Å². The highest BCUT2D eigenvalue weighted by atomic mass is 35.5. The van der Waals surface area contributed by atoms with Gasteiger partial charge < -0.3 is 10.5 Å². The fourth-order valence-corrected chi connectivity index (χ4v) is 3.83. The van der Waals surface area contributed by atoms with Gasteiger partial charge in [0.2, 0.25) is 10.0 Å². The van der Waals surface area contributed by atoms with Crippen molar-refractivity contribution in [2.75, 3.05) is 32.5 Å². The Hall–Kier alpha value is -0.820. The molecule has 0 radical (unpaired) electrons. The summed E-state index contributed by atoms with van der Waals surface area (Å²) in [5, 5.41) is 0.425. The maximum absolute atomic E-state index is 12.5. The maximum atomic E-state index is 12.5. The number of anilines is 1. The van der Waals surface area contributed by atoms with E-state index in [-0.39, 0.29) is 10.6 Å². The average Bonchev–Trinajstić information content (AvgIpc) is 2.39. The molecule has 5 nitrogen and oxygen atoms in total. The zero-order valence-electron chi connectivity index (χ0n) is 11.4. The molecule has 2 N–H and O–H groups in total. The summed E-state index contributed by atoms with van der Waals surface area (Å²) in [5.74, 6) is 0.331. The maximum Gasteiger partial charge on any atom is 0.244 e. The first-order valence-corrected chi connectivity index (χ1v) is 8.32. The van der Waals surface area contributed by atoms with Crippen molar-refractivity contribution in [3.63, 3.8) is 0 Å². The van der Waals surface area contributed by atoms with Crippen LogP contribution in [0.1, 0.15) is 12.8 Å². The van der Waals surface area contributed by atoms with Gasteiger partial charge in [-0.3, -0.25) is 0 Å². The van der Waals surface area contributed by atoms with Gasteiger partial charge in [-0.05, 0) is 37.0 Å². The second kappa shape index (κ2) is 6.30. The van der Waals surface area contributed by atoms with Crippen LogP contribution in [-0.2, 0) is 14.8 Å². The Bertz CT molecular complexity index is 571. The van der Waals surface area contributed by atoms with Gasteiger partial charge in [0.1, 0.15) is 4.90 Å². The molecule has 1 aromatic carbocycles. The van der Waals surface area contributed by atoms with Gasteiger partial charge in [0.15, 0.2) is 0 Å². The van der Waals surface area contributed by atoms with Crippen LogP contribution in [0.5, 0.6) is 0 Å². The fourth-order valence-electron chi connectivity index (χ4n) is 2.31. The van der Waals surface area contributed by atoms with E-state index in [1.165, 1.54) is 22.5 Å². The number of nitrogens with two attached hydrogens (primary N) is 1. The number of nitrogens with zero attached hydrogens (tertiary/aromatic N) is 1. The first kappa shape index (κ1) is 15.6. The average molecular weight is 319 g/mol. The molecule has 1 aromatic rings. The van der Waals surface area contributed by atoms with Crippen LogP contribution in [0.2, 0.25) is 5.02 Å². The van der Waals surface area contributed by atoms with Crippen molar-refractivity contribution in [2.45, 2.75) is 17.7 Å². The number of hydrogen-bond donors (Lipinski definition) is 1. The van der Waals surface area contributed by atoms with E-state index in [0.29, 0.717) is 30.7 Å². The summed E-state index contributed by atoms with van der Waals surface area (Å²) in [7, 11) is -1.99. The van der Waals surface area contributed by atoms with Crippen molar-refractivity contribution in [3.05, 3.63) is 23.2 Å². The predicted molar refractivity (Wildman–Crippen MR) is 79.2 cm³/mol. The van der Waals surface area contributed by atoms with Crippen molar-refractivity contribution in [1.29, 1.82) is 0 Å². The molecule has 0 spiro atoms. The summed E-state index contributed by atoms with van der Waals surface area (Å²) in [6.45, 7) is 1.87. The molecule has 1 heterocycles. The van der Waals surface area contributed by atoms with Gasteiger partial charge in [0.05, 0.1) is 5.69 Å². The van der Waals surface area contributed by atoms with Gasteiger partial charge in [0.25, 0.3) is 0 Å². The van der Waals surface area contributed by atoms with E-state index >= 15 is 0 Å². The van der Waals surface area contributed by atoms with Crippen molar-refractivity contribution in [3.8, 4) is 0 Å². The Balaban J connectivity index is 2.16. The Labute approximate surface area is 124 Å². The quantitative estimate of drug-likeness (QED) is 0.861. The third-order valence-corrected chi connectivity index (χ3v) is 5.65. The lowest BCUT2D eigenvalue weighted by molar-refractivity contribution is 0.0620. The summed E-state index contributed by atoms with van der Waals surface area (Å²) in [6.07, 6.45) is 1.77. The predicted octanol–water partition coefficient (Wildman–Crippen LogP) is 1.97. The zero-order valence-corrected chi connectivity index (χ0v) is 13.0. The van der Waals surface area contributed by atoms with Gasteiger partial charge in [-0.25, -0.2) is 12.7 Å². The lowest BCUT2D eigenvalue weighted by Gasteiger charge is -2.27. The van der Waals surface area contributed by atoms with E-state index in [1.54, 1.807) is 7.05 Å². The van der Waals surface area contributed by atoms with Crippen LogP contribution in [-0.4, -0.2) is 39.5 Å². The first-order chi connectivity index (χ1) is 9.41. The van der Waals surface area contributed by atoms with E-state index in [9.17, 15) is 8.42 Å². The van der Waals surface area contributed by atoms with Gasteiger partial charge in [0, 0.05) is 31.8 Å². The van der Waals surface area contributed by atoms with Crippen LogP contribution in [0.3, 0.4) is 0 Å². The minimum atomic E-state index is -3.58. The highest BCUT2D eigenvalue weighted by Gasteiger charge is 2.26. The van der Waals surface area contributed by atoms with Crippen LogP contribution in [0.15, 0.2) is 23.1 Å². The van der Waals surface area contributed by atoms with Crippen LogP contribution < -0.4 is 5.73 Å². The molecule has 1 saturated heterocycles. The largest absolute Gasteiger partial charge is 0.398 e. The lowest BCUT2D eigenvalue weighted by Crippen LogP contribution is -2.34. The van der Waals surface area contributed by atoms with E-state index in [4.69, 9.17) is 22.1 Å². The molecule has 0 atom stereocenters. The Morgan fingerprint density at radius 1 is 1.40 bits per heavy atom. The highest BCUT2D eigenvalue weighted by Crippen LogP contribution is 2.26. The van der Waals surface area contributed by atoms with Crippen LogP contribution >= 0.6 is 11.6 Å². The second-order valence-corrected chi connectivity index (χ2v) is 7.47. The zero-order chi connectivity index (χ0) is 14.8. The first-order valence-electron chi connectivity index (χ1n) is 6.50. The molecule has 1 fully saturated rings. The summed E-state index contributed by atoms with van der Waals surface area (Å²) >= 11 is 5.80. The van der Waals surface area contributed by atoms with Gasteiger partial charge >= 0.3 is 0 Å². The van der Waals surface area contributed by atoms with Crippen molar-refractivity contribution in [2.24, 2.45) is 5.92 Å². The summed E-state index contributed by atoms with van der Waals surface area (Å²) in [6, 6.07) is 4.44. The number of benzene rings is 1. The molecular formula is C13H19ClN2O3S. The normalized spacial score (nSPS) is 17.6. The van der Waals surface area contributed by atoms with Crippen LogP contribution in [0.4, 0.5) is 5.69 Å². The lowest BCUT2D eigenvalue weighted by atomic mass is 10.0. The monoisotopic (exact) mass is 318 g/mol. The Morgan fingerprint density at radius 3 is 2.65 bits per heavy atom. The van der Waals surface area contributed by atoms with E-state index in [1.807, 2.05) is 0 Å². The molecular weight excluding hydrogens is 300 g/mol. The Morgan fingerprint density at radius 2 is 2.05 bits per heavy atom. The van der Waals surface area contributed by atoms with Gasteiger partial charge in [-0.2, -0.15) is 0 Å². The number of nitrogen functional groups attached to an aromatic ring is 1. The third kappa shape index (κ3) is 3.44. The molecule has 0 aromatic heterocycles. The molecule has 1 aliphatic heterocycles. The number of hydrogen-bond acceptors (Lipinski definition) is 4. The molecule has 0 amide bonds. The van der Waals surface area contributed by atoms with Crippen LogP contribution in [0, 0.1) is 5.92 Å². The van der Waals surface area contributed by atoms with E-state index < -0.39 is 10.0 Å². The van der Waals surface area contributed by atoms with Crippen molar-refractivity contribution in [1.82, 2.24) is 4.31 Å². The second-order valence-electron chi connectivity index (χ2n) is 5.02. The Kier molecular flexibility index (Phi) is 4.90. The minimum Gasteiger partial charge on any atom is -0.398 e. The number of sulfonamides is 1. The molecule has 0 saturated carbocycles. The van der Waals surface area contributed by atoms with E-state index in [0.717, 1.165) is 12.8 Å². The van der Waals surface area contributed by atoms with Crippen molar-refractivity contribution < 1.29 is 13.2 Å². The molecule has 0 bridgehead atoms.